The van der Waals surface area contributed by atoms with E-state index in [2.05, 4.69) is 5.32 Å². The number of benzene rings is 2. The van der Waals surface area contributed by atoms with Crippen molar-refractivity contribution in [3.05, 3.63) is 77.5 Å². The van der Waals surface area contributed by atoms with E-state index < -0.39 is 5.97 Å². The largest absolute Gasteiger partial charge is 0.465 e. The average molecular weight is 295 g/mol. The maximum absolute atomic E-state index is 12.0. The third-order valence-corrected chi connectivity index (χ3v) is 3.14. The molecule has 0 heterocycles. The van der Waals surface area contributed by atoms with Crippen molar-refractivity contribution in [1.29, 1.82) is 0 Å². The molecule has 2 aromatic carbocycles. The Hall–Kier alpha value is -2.88. The third-order valence-electron chi connectivity index (χ3n) is 3.14. The summed E-state index contributed by atoms with van der Waals surface area (Å²) in [4.78, 5) is 23.6. The Morgan fingerprint density at radius 1 is 1.05 bits per heavy atom. The third kappa shape index (κ3) is 3.82. The first-order valence-corrected chi connectivity index (χ1v) is 6.83. The van der Waals surface area contributed by atoms with E-state index >= 15 is 0 Å². The van der Waals surface area contributed by atoms with Gasteiger partial charge in [0.1, 0.15) is 0 Å². The Morgan fingerprint density at radius 3 is 2.41 bits per heavy atom. The lowest BCUT2D eigenvalue weighted by Gasteiger charge is -2.06. The summed E-state index contributed by atoms with van der Waals surface area (Å²) in [7, 11) is 1.33. The van der Waals surface area contributed by atoms with Gasteiger partial charge in [-0.25, -0.2) is 4.79 Å². The molecule has 0 bridgehead atoms. The van der Waals surface area contributed by atoms with E-state index in [0.29, 0.717) is 16.8 Å². The maximum Gasteiger partial charge on any atom is 0.339 e. The SMILES string of the molecule is COC(=O)c1ccccc1N/C=C\C(=O)c1ccc(C)cc1. The van der Waals surface area contributed by atoms with Crippen LogP contribution in [0.15, 0.2) is 60.8 Å². The number of esters is 1. The van der Waals surface area contributed by atoms with E-state index in [4.69, 9.17) is 4.74 Å². The molecule has 0 aliphatic rings. The second-order valence-electron chi connectivity index (χ2n) is 4.75. The summed E-state index contributed by atoms with van der Waals surface area (Å²) >= 11 is 0. The summed E-state index contributed by atoms with van der Waals surface area (Å²) in [6, 6.07) is 14.3. The van der Waals surface area contributed by atoms with Gasteiger partial charge in [-0.2, -0.15) is 0 Å². The Labute approximate surface area is 129 Å². The molecule has 0 saturated heterocycles. The number of ether oxygens (including phenoxy) is 1. The zero-order valence-electron chi connectivity index (χ0n) is 12.5. The van der Waals surface area contributed by atoms with Crippen molar-refractivity contribution in [2.45, 2.75) is 6.92 Å². The van der Waals surface area contributed by atoms with Crippen LogP contribution in [0.2, 0.25) is 0 Å². The molecule has 0 radical (unpaired) electrons. The highest BCUT2D eigenvalue weighted by molar-refractivity contribution is 6.04. The van der Waals surface area contributed by atoms with Gasteiger partial charge in [0.15, 0.2) is 5.78 Å². The number of ketones is 1. The summed E-state index contributed by atoms with van der Waals surface area (Å²) in [6.07, 6.45) is 2.95. The normalized spacial score (nSPS) is 10.5. The number of carbonyl (C=O) groups excluding carboxylic acids is 2. The van der Waals surface area contributed by atoms with Crippen molar-refractivity contribution >= 4 is 17.4 Å². The fourth-order valence-electron chi connectivity index (χ4n) is 1.92. The number of hydrogen-bond acceptors (Lipinski definition) is 4. The zero-order valence-corrected chi connectivity index (χ0v) is 12.5. The van der Waals surface area contributed by atoms with Crippen LogP contribution in [0.1, 0.15) is 26.3 Å². The highest BCUT2D eigenvalue weighted by Gasteiger charge is 2.09. The van der Waals surface area contributed by atoms with Gasteiger partial charge in [0.05, 0.1) is 18.4 Å². The van der Waals surface area contributed by atoms with Crippen molar-refractivity contribution in [2.75, 3.05) is 12.4 Å². The number of rotatable bonds is 5. The van der Waals surface area contributed by atoms with Crippen molar-refractivity contribution in [1.82, 2.24) is 0 Å². The molecule has 0 fully saturated rings. The monoisotopic (exact) mass is 295 g/mol. The number of carbonyl (C=O) groups is 2. The predicted octanol–water partition coefficient (Wildman–Crippen LogP) is 3.59. The zero-order chi connectivity index (χ0) is 15.9. The molecule has 0 aromatic heterocycles. The predicted molar refractivity (Wildman–Crippen MR) is 86.1 cm³/mol. The van der Waals surface area contributed by atoms with E-state index in [-0.39, 0.29) is 5.78 Å². The summed E-state index contributed by atoms with van der Waals surface area (Å²) in [5.74, 6) is -0.538. The van der Waals surface area contributed by atoms with E-state index in [0.717, 1.165) is 5.56 Å². The minimum atomic E-state index is -0.429. The minimum Gasteiger partial charge on any atom is -0.465 e. The van der Waals surface area contributed by atoms with Gasteiger partial charge in [-0.1, -0.05) is 42.0 Å². The Kier molecular flexibility index (Phi) is 5.09. The van der Waals surface area contributed by atoms with Crippen LogP contribution in [0.25, 0.3) is 0 Å². The molecule has 4 nitrogen and oxygen atoms in total. The van der Waals surface area contributed by atoms with Crippen molar-refractivity contribution in [3.8, 4) is 0 Å². The number of para-hydroxylation sites is 1. The molecule has 2 aromatic rings. The number of nitrogens with one attached hydrogen (secondary N) is 1. The topological polar surface area (TPSA) is 55.4 Å². The highest BCUT2D eigenvalue weighted by atomic mass is 16.5. The second-order valence-corrected chi connectivity index (χ2v) is 4.75. The van der Waals surface area contributed by atoms with E-state index in [1.165, 1.54) is 19.4 Å². The van der Waals surface area contributed by atoms with E-state index in [1.54, 1.807) is 36.4 Å². The van der Waals surface area contributed by atoms with Crippen LogP contribution < -0.4 is 5.32 Å². The molecule has 4 heteroatoms. The van der Waals surface area contributed by atoms with Crippen LogP contribution in [0.3, 0.4) is 0 Å². The van der Waals surface area contributed by atoms with Gasteiger partial charge in [-0.05, 0) is 19.1 Å². The molecule has 0 aliphatic heterocycles. The van der Waals surface area contributed by atoms with Gasteiger partial charge < -0.3 is 10.1 Å². The summed E-state index contributed by atoms with van der Waals surface area (Å²) < 4.78 is 4.71. The van der Waals surface area contributed by atoms with Crippen LogP contribution in [-0.4, -0.2) is 18.9 Å². The molecule has 0 amide bonds. The lowest BCUT2D eigenvalue weighted by atomic mass is 10.1. The standard InChI is InChI=1S/C18H17NO3/c1-13-7-9-14(10-8-13)17(20)11-12-19-16-6-4-3-5-15(16)18(21)22-2/h3-12,19H,1-2H3/b12-11-. The molecule has 0 spiro atoms. The molecule has 112 valence electrons. The molecule has 0 aliphatic carbocycles. The van der Waals surface area contributed by atoms with Crippen LogP contribution in [0.5, 0.6) is 0 Å². The summed E-state index contributed by atoms with van der Waals surface area (Å²) in [5.41, 5.74) is 2.72. The smallest absolute Gasteiger partial charge is 0.339 e. The van der Waals surface area contributed by atoms with Crippen LogP contribution in [0, 0.1) is 6.92 Å². The number of allylic oxidation sites excluding steroid dienone is 1. The average Bonchev–Trinajstić information content (AvgIpc) is 2.55. The van der Waals surface area contributed by atoms with Gasteiger partial charge in [0.2, 0.25) is 0 Å². The van der Waals surface area contributed by atoms with Gasteiger partial charge in [0.25, 0.3) is 0 Å². The highest BCUT2D eigenvalue weighted by Crippen LogP contribution is 2.16. The molecular formula is C18H17NO3. The second kappa shape index (κ2) is 7.22. The fraction of sp³-hybridized carbons (Fsp3) is 0.111. The van der Waals surface area contributed by atoms with E-state index in [9.17, 15) is 9.59 Å². The Balaban J connectivity index is 2.08. The number of hydrogen-bond donors (Lipinski definition) is 1. The molecule has 22 heavy (non-hydrogen) atoms. The van der Waals surface area contributed by atoms with Crippen molar-refractivity contribution < 1.29 is 14.3 Å². The minimum absolute atomic E-state index is 0.108. The maximum atomic E-state index is 12.0. The number of methoxy groups -OCH3 is 1. The Bertz CT molecular complexity index is 703. The summed E-state index contributed by atoms with van der Waals surface area (Å²) in [6.45, 7) is 1.97. The Morgan fingerprint density at radius 2 is 1.73 bits per heavy atom. The molecule has 0 saturated carbocycles. The molecule has 1 N–H and O–H groups in total. The molecule has 0 atom stereocenters. The van der Waals surface area contributed by atoms with Gasteiger partial charge in [0, 0.05) is 17.8 Å². The number of aryl methyl sites for hydroxylation is 1. The van der Waals surface area contributed by atoms with Crippen molar-refractivity contribution in [2.24, 2.45) is 0 Å². The first kappa shape index (κ1) is 15.5. The molecule has 0 unspecified atom stereocenters. The van der Waals surface area contributed by atoms with Gasteiger partial charge >= 0.3 is 5.97 Å². The van der Waals surface area contributed by atoms with Crippen molar-refractivity contribution in [3.63, 3.8) is 0 Å². The molecular weight excluding hydrogens is 278 g/mol. The fourth-order valence-corrected chi connectivity index (χ4v) is 1.92. The quantitative estimate of drug-likeness (QED) is 0.520. The number of anilines is 1. The molecule has 2 rings (SSSR count). The van der Waals surface area contributed by atoms with Gasteiger partial charge in [-0.15, -0.1) is 0 Å². The van der Waals surface area contributed by atoms with Crippen LogP contribution in [0.4, 0.5) is 5.69 Å². The van der Waals surface area contributed by atoms with E-state index in [1.807, 2.05) is 19.1 Å². The summed E-state index contributed by atoms with van der Waals surface area (Å²) in [5, 5.41) is 2.94. The van der Waals surface area contributed by atoms with Crippen LogP contribution >= 0.6 is 0 Å². The lowest BCUT2D eigenvalue weighted by molar-refractivity contribution is 0.0602. The first-order chi connectivity index (χ1) is 10.6. The lowest BCUT2D eigenvalue weighted by Crippen LogP contribution is -2.05. The van der Waals surface area contributed by atoms with Gasteiger partial charge in [-0.3, -0.25) is 4.79 Å². The first-order valence-electron chi connectivity index (χ1n) is 6.83. The van der Waals surface area contributed by atoms with Crippen LogP contribution in [-0.2, 0) is 4.74 Å².